The lowest BCUT2D eigenvalue weighted by atomic mass is 10.1. The molecule has 2 aromatic carbocycles. The van der Waals surface area contributed by atoms with E-state index in [0.29, 0.717) is 20.2 Å². The minimum Gasteiger partial charge on any atom is -0.349 e. The molecule has 0 spiro atoms. The van der Waals surface area contributed by atoms with E-state index in [0.717, 1.165) is 11.3 Å². The molecule has 1 N–H and O–H groups in total. The molecule has 3 rings (SSSR count). The maximum absolute atomic E-state index is 12.3. The van der Waals surface area contributed by atoms with E-state index < -0.39 is 0 Å². The molecule has 0 radical (unpaired) electrons. The third-order valence-corrected chi connectivity index (χ3v) is 5.38. The van der Waals surface area contributed by atoms with Gasteiger partial charge in [-0.15, -0.1) is 5.10 Å². The van der Waals surface area contributed by atoms with Crippen molar-refractivity contribution in [2.45, 2.75) is 18.1 Å². The smallest absolute Gasteiger partial charge is 0.230 e. The topological polar surface area (TPSA) is 72.7 Å². The number of amides is 1. The van der Waals surface area contributed by atoms with Crippen molar-refractivity contribution in [2.75, 3.05) is 5.75 Å². The first-order valence-electron chi connectivity index (χ1n) is 7.85. The molecule has 1 unspecified atom stereocenters. The van der Waals surface area contributed by atoms with Gasteiger partial charge < -0.3 is 5.32 Å². The molecule has 1 aromatic heterocycles. The largest absolute Gasteiger partial charge is 0.349 e. The SMILES string of the molecule is CC(NC(=O)CSc1nnnn1-c1ccc(Cl)cc1)c1ccc(Cl)cc1Cl. The van der Waals surface area contributed by atoms with Gasteiger partial charge in [0.25, 0.3) is 0 Å². The van der Waals surface area contributed by atoms with Gasteiger partial charge in [-0.05, 0) is 59.3 Å². The fourth-order valence-electron chi connectivity index (χ4n) is 2.36. The van der Waals surface area contributed by atoms with Gasteiger partial charge in [0.15, 0.2) is 0 Å². The molecule has 1 atom stereocenters. The fraction of sp³-hybridized carbons (Fsp3) is 0.176. The normalized spacial score (nSPS) is 12.0. The van der Waals surface area contributed by atoms with Crippen LogP contribution in [0, 0.1) is 0 Å². The van der Waals surface area contributed by atoms with E-state index in [-0.39, 0.29) is 17.7 Å². The van der Waals surface area contributed by atoms with Gasteiger partial charge in [-0.2, -0.15) is 4.68 Å². The number of nitrogens with one attached hydrogen (secondary N) is 1. The highest BCUT2D eigenvalue weighted by Gasteiger charge is 2.15. The zero-order valence-electron chi connectivity index (χ0n) is 14.1. The standard InChI is InChI=1S/C17H14Cl3N5OS/c1-10(14-7-4-12(19)8-15(14)20)21-16(26)9-27-17-22-23-24-25(17)13-5-2-11(18)3-6-13/h2-8,10H,9H2,1H3,(H,21,26). The van der Waals surface area contributed by atoms with Gasteiger partial charge in [0.05, 0.1) is 17.5 Å². The van der Waals surface area contributed by atoms with Gasteiger partial charge in [-0.25, -0.2) is 0 Å². The van der Waals surface area contributed by atoms with E-state index in [4.69, 9.17) is 34.8 Å². The van der Waals surface area contributed by atoms with E-state index >= 15 is 0 Å². The molecule has 10 heteroatoms. The second-order valence-electron chi connectivity index (χ2n) is 5.59. The molecule has 0 fully saturated rings. The zero-order valence-corrected chi connectivity index (χ0v) is 17.1. The van der Waals surface area contributed by atoms with Gasteiger partial charge in [-0.3, -0.25) is 4.79 Å². The molecule has 140 valence electrons. The van der Waals surface area contributed by atoms with E-state index in [1.165, 1.54) is 11.8 Å². The monoisotopic (exact) mass is 441 g/mol. The number of aromatic nitrogens is 4. The first-order valence-corrected chi connectivity index (χ1v) is 9.97. The summed E-state index contributed by atoms with van der Waals surface area (Å²) < 4.78 is 1.55. The van der Waals surface area contributed by atoms with Crippen molar-refractivity contribution in [3.63, 3.8) is 0 Å². The van der Waals surface area contributed by atoms with Crippen molar-refractivity contribution in [3.8, 4) is 5.69 Å². The molecule has 0 aliphatic carbocycles. The summed E-state index contributed by atoms with van der Waals surface area (Å²) in [6.45, 7) is 1.86. The van der Waals surface area contributed by atoms with E-state index in [9.17, 15) is 4.79 Å². The summed E-state index contributed by atoms with van der Waals surface area (Å²) in [7, 11) is 0. The van der Waals surface area contributed by atoms with Crippen LogP contribution in [0.3, 0.4) is 0 Å². The minimum atomic E-state index is -0.255. The van der Waals surface area contributed by atoms with Gasteiger partial charge in [0.2, 0.25) is 11.1 Å². The average molecular weight is 443 g/mol. The number of benzene rings is 2. The number of hydrogen-bond acceptors (Lipinski definition) is 5. The van der Waals surface area contributed by atoms with Gasteiger partial charge >= 0.3 is 0 Å². The van der Waals surface area contributed by atoms with E-state index in [1.807, 2.05) is 6.92 Å². The second kappa shape index (κ2) is 8.93. The highest BCUT2D eigenvalue weighted by molar-refractivity contribution is 7.99. The van der Waals surface area contributed by atoms with Gasteiger partial charge in [0.1, 0.15) is 0 Å². The minimum absolute atomic E-state index is 0.156. The molecule has 0 aliphatic rings. The number of thioether (sulfide) groups is 1. The van der Waals surface area contributed by atoms with Gasteiger partial charge in [-0.1, -0.05) is 52.6 Å². The Labute approximate surface area is 175 Å². The molecular weight excluding hydrogens is 429 g/mol. The summed E-state index contributed by atoms with van der Waals surface area (Å²) >= 11 is 19.2. The quantitative estimate of drug-likeness (QED) is 0.565. The van der Waals surface area contributed by atoms with Crippen LogP contribution in [-0.2, 0) is 4.79 Å². The van der Waals surface area contributed by atoms with Crippen LogP contribution in [0.1, 0.15) is 18.5 Å². The molecular formula is C17H14Cl3N5OS. The fourth-order valence-corrected chi connectivity index (χ4v) is 3.76. The van der Waals surface area contributed by atoms with Crippen LogP contribution in [0.2, 0.25) is 15.1 Å². The van der Waals surface area contributed by atoms with Crippen LogP contribution in [0.25, 0.3) is 5.69 Å². The summed E-state index contributed by atoms with van der Waals surface area (Å²) in [5, 5.41) is 16.7. The lowest BCUT2D eigenvalue weighted by Gasteiger charge is -2.15. The summed E-state index contributed by atoms with van der Waals surface area (Å²) in [5.41, 5.74) is 1.55. The van der Waals surface area contributed by atoms with Gasteiger partial charge in [0, 0.05) is 15.1 Å². The highest BCUT2D eigenvalue weighted by atomic mass is 35.5. The molecule has 0 saturated heterocycles. The van der Waals surface area contributed by atoms with Crippen LogP contribution in [0.15, 0.2) is 47.6 Å². The first-order chi connectivity index (χ1) is 12.9. The van der Waals surface area contributed by atoms with Crippen LogP contribution in [0.5, 0.6) is 0 Å². The summed E-state index contributed by atoms with van der Waals surface area (Å²) in [5.74, 6) is -0.00654. The molecule has 0 aliphatic heterocycles. The molecule has 0 bridgehead atoms. The molecule has 1 heterocycles. The lowest BCUT2D eigenvalue weighted by Crippen LogP contribution is -2.28. The van der Waals surface area contributed by atoms with Crippen molar-refractivity contribution in [1.82, 2.24) is 25.5 Å². The summed E-state index contributed by atoms with van der Waals surface area (Å²) in [4.78, 5) is 12.3. The Morgan fingerprint density at radius 3 is 2.56 bits per heavy atom. The molecule has 6 nitrogen and oxygen atoms in total. The molecule has 3 aromatic rings. The lowest BCUT2D eigenvalue weighted by molar-refractivity contribution is -0.119. The van der Waals surface area contributed by atoms with Crippen molar-refractivity contribution in [1.29, 1.82) is 0 Å². The Morgan fingerprint density at radius 1 is 1.15 bits per heavy atom. The molecule has 27 heavy (non-hydrogen) atoms. The first kappa shape index (κ1) is 19.9. The predicted molar refractivity (Wildman–Crippen MR) is 108 cm³/mol. The average Bonchev–Trinajstić information content (AvgIpc) is 3.09. The van der Waals surface area contributed by atoms with Crippen LogP contribution < -0.4 is 5.32 Å². The Kier molecular flexibility index (Phi) is 6.59. The third kappa shape index (κ3) is 5.13. The second-order valence-corrected chi connectivity index (χ2v) is 7.82. The molecule has 0 saturated carbocycles. The van der Waals surface area contributed by atoms with E-state index in [2.05, 4.69) is 20.8 Å². The number of nitrogens with zero attached hydrogens (tertiary/aromatic N) is 4. The number of halogens is 3. The number of tetrazole rings is 1. The summed E-state index contributed by atoms with van der Waals surface area (Å²) in [6.07, 6.45) is 0. The zero-order chi connectivity index (χ0) is 19.4. The van der Waals surface area contributed by atoms with Crippen LogP contribution >= 0.6 is 46.6 Å². The number of hydrogen-bond donors (Lipinski definition) is 1. The van der Waals surface area contributed by atoms with Crippen molar-refractivity contribution in [2.24, 2.45) is 0 Å². The highest BCUT2D eigenvalue weighted by Crippen LogP contribution is 2.26. The van der Waals surface area contributed by atoms with E-state index in [1.54, 1.807) is 47.1 Å². The Balaban J connectivity index is 1.61. The number of rotatable bonds is 6. The Hall–Kier alpha value is -1.80. The van der Waals surface area contributed by atoms with Crippen molar-refractivity contribution < 1.29 is 4.79 Å². The number of carbonyl (C=O) groups excluding carboxylic acids is 1. The third-order valence-electron chi connectivity index (χ3n) is 3.65. The van der Waals surface area contributed by atoms with Crippen LogP contribution in [0.4, 0.5) is 0 Å². The Bertz CT molecular complexity index is 948. The predicted octanol–water partition coefficient (Wildman–Crippen LogP) is 4.59. The maximum Gasteiger partial charge on any atom is 0.230 e. The van der Waals surface area contributed by atoms with Crippen LogP contribution in [-0.4, -0.2) is 31.9 Å². The number of carbonyl (C=O) groups is 1. The molecule has 1 amide bonds. The Morgan fingerprint density at radius 2 is 1.85 bits per heavy atom. The van der Waals surface area contributed by atoms with Crippen molar-refractivity contribution in [3.05, 3.63) is 63.1 Å². The summed E-state index contributed by atoms with van der Waals surface area (Å²) in [6, 6.07) is 12.0. The maximum atomic E-state index is 12.3. The van der Waals surface area contributed by atoms with Crippen molar-refractivity contribution >= 4 is 52.5 Å².